The van der Waals surface area contributed by atoms with E-state index in [-0.39, 0.29) is 30.7 Å². The SMILES string of the molecule is COc1cc(/C=N/NC(=O)Cc2ccc(F)cc2)ccc1OCC(=O)Nc1ccc(C)cc1. The maximum Gasteiger partial charge on any atom is 0.262 e. The van der Waals surface area contributed by atoms with Crippen LogP contribution in [0.1, 0.15) is 16.7 Å². The van der Waals surface area contributed by atoms with Crippen LogP contribution in [-0.4, -0.2) is 31.7 Å². The van der Waals surface area contributed by atoms with Crippen molar-refractivity contribution in [2.45, 2.75) is 13.3 Å². The second kappa shape index (κ2) is 11.4. The highest BCUT2D eigenvalue weighted by molar-refractivity contribution is 5.92. The van der Waals surface area contributed by atoms with Crippen LogP contribution in [0.15, 0.2) is 71.8 Å². The molecule has 0 aliphatic carbocycles. The van der Waals surface area contributed by atoms with E-state index >= 15 is 0 Å². The summed E-state index contributed by atoms with van der Waals surface area (Å²) in [6.45, 7) is 1.79. The first-order valence-corrected chi connectivity index (χ1v) is 10.2. The van der Waals surface area contributed by atoms with Crippen LogP contribution < -0.4 is 20.2 Å². The van der Waals surface area contributed by atoms with Gasteiger partial charge in [-0.25, -0.2) is 9.82 Å². The number of carbonyl (C=O) groups excluding carboxylic acids is 2. The van der Waals surface area contributed by atoms with Crippen molar-refractivity contribution in [3.63, 3.8) is 0 Å². The van der Waals surface area contributed by atoms with Crippen LogP contribution in [0, 0.1) is 12.7 Å². The first-order valence-electron chi connectivity index (χ1n) is 10.2. The Morgan fingerprint density at radius 3 is 2.39 bits per heavy atom. The third-order valence-electron chi connectivity index (χ3n) is 4.56. The minimum atomic E-state index is -0.356. The summed E-state index contributed by atoms with van der Waals surface area (Å²) < 4.78 is 23.8. The van der Waals surface area contributed by atoms with Crippen LogP contribution >= 0.6 is 0 Å². The lowest BCUT2D eigenvalue weighted by Crippen LogP contribution is -2.20. The predicted octanol–water partition coefficient (Wildman–Crippen LogP) is 3.85. The van der Waals surface area contributed by atoms with Gasteiger partial charge in [-0.05, 0) is 60.5 Å². The molecule has 0 heterocycles. The lowest BCUT2D eigenvalue weighted by atomic mass is 10.1. The highest BCUT2D eigenvalue weighted by Crippen LogP contribution is 2.27. The molecule has 0 unspecified atom stereocenters. The van der Waals surface area contributed by atoms with Crippen molar-refractivity contribution in [1.82, 2.24) is 5.43 Å². The van der Waals surface area contributed by atoms with Crippen LogP contribution in [-0.2, 0) is 16.0 Å². The maximum absolute atomic E-state index is 12.9. The third kappa shape index (κ3) is 7.46. The highest BCUT2D eigenvalue weighted by atomic mass is 19.1. The normalized spacial score (nSPS) is 10.6. The lowest BCUT2D eigenvalue weighted by Gasteiger charge is -2.11. The molecule has 33 heavy (non-hydrogen) atoms. The number of carbonyl (C=O) groups is 2. The average Bonchev–Trinajstić information content (AvgIpc) is 2.81. The number of nitrogens with zero attached hydrogens (tertiary/aromatic N) is 1. The number of anilines is 1. The Kier molecular flexibility index (Phi) is 8.13. The topological polar surface area (TPSA) is 89.0 Å². The van der Waals surface area contributed by atoms with Crippen LogP contribution in [0.25, 0.3) is 0 Å². The standard InChI is InChI=1S/C25H24FN3O4/c1-17-3-10-21(11-4-17)28-25(31)16-33-22-12-7-19(13-23(22)32-2)15-27-29-24(30)14-18-5-8-20(26)9-6-18/h3-13,15H,14,16H2,1-2H3,(H,28,31)(H,29,30)/b27-15+. The van der Waals surface area contributed by atoms with Gasteiger partial charge in [0, 0.05) is 5.69 Å². The van der Waals surface area contributed by atoms with Gasteiger partial charge in [-0.3, -0.25) is 9.59 Å². The van der Waals surface area contributed by atoms with E-state index in [1.165, 1.54) is 25.5 Å². The number of rotatable bonds is 9. The summed E-state index contributed by atoms with van der Waals surface area (Å²) in [6.07, 6.45) is 1.54. The molecule has 0 saturated heterocycles. The number of halogens is 1. The maximum atomic E-state index is 12.9. The number of hydrogen-bond donors (Lipinski definition) is 2. The molecule has 0 saturated carbocycles. The molecule has 170 valence electrons. The Bertz CT molecular complexity index is 1130. The largest absolute Gasteiger partial charge is 0.493 e. The summed E-state index contributed by atoms with van der Waals surface area (Å²) in [5, 5.41) is 6.69. The Balaban J connectivity index is 1.51. The van der Waals surface area contributed by atoms with E-state index < -0.39 is 0 Å². The van der Waals surface area contributed by atoms with Gasteiger partial charge in [-0.1, -0.05) is 29.8 Å². The average molecular weight is 449 g/mol. The molecular formula is C25H24FN3O4. The fourth-order valence-corrected chi connectivity index (χ4v) is 2.87. The van der Waals surface area contributed by atoms with Crippen molar-refractivity contribution in [2.75, 3.05) is 19.0 Å². The molecule has 3 aromatic rings. The molecule has 0 atom stereocenters. The molecule has 0 aromatic heterocycles. The van der Waals surface area contributed by atoms with Gasteiger partial charge in [-0.2, -0.15) is 5.10 Å². The Morgan fingerprint density at radius 1 is 0.970 bits per heavy atom. The molecule has 0 radical (unpaired) electrons. The lowest BCUT2D eigenvalue weighted by molar-refractivity contribution is -0.120. The van der Waals surface area contributed by atoms with Crippen molar-refractivity contribution in [3.05, 3.63) is 89.2 Å². The van der Waals surface area contributed by atoms with E-state index in [1.807, 2.05) is 31.2 Å². The molecule has 7 nitrogen and oxygen atoms in total. The van der Waals surface area contributed by atoms with Crippen molar-refractivity contribution < 1.29 is 23.5 Å². The Labute approximate surface area is 191 Å². The summed E-state index contributed by atoms with van der Waals surface area (Å²) in [5.41, 5.74) is 5.55. The summed E-state index contributed by atoms with van der Waals surface area (Å²) in [6, 6.07) is 18.2. The van der Waals surface area contributed by atoms with Crippen molar-refractivity contribution >= 4 is 23.7 Å². The number of nitrogens with one attached hydrogen (secondary N) is 2. The number of methoxy groups -OCH3 is 1. The quantitative estimate of drug-likeness (QED) is 0.384. The van der Waals surface area contributed by atoms with Gasteiger partial charge >= 0.3 is 0 Å². The zero-order chi connectivity index (χ0) is 23.6. The molecule has 2 amide bonds. The van der Waals surface area contributed by atoms with E-state index in [0.29, 0.717) is 28.3 Å². The van der Waals surface area contributed by atoms with E-state index in [2.05, 4.69) is 15.8 Å². The molecular weight excluding hydrogens is 425 g/mol. The van der Waals surface area contributed by atoms with Gasteiger partial charge in [0.15, 0.2) is 18.1 Å². The summed E-state index contributed by atoms with van der Waals surface area (Å²) in [4.78, 5) is 24.1. The molecule has 3 rings (SSSR count). The second-order valence-electron chi connectivity index (χ2n) is 7.21. The molecule has 0 bridgehead atoms. The van der Waals surface area contributed by atoms with Gasteiger partial charge in [-0.15, -0.1) is 0 Å². The number of benzene rings is 3. The summed E-state index contributed by atoms with van der Waals surface area (Å²) >= 11 is 0. The molecule has 8 heteroatoms. The van der Waals surface area contributed by atoms with Gasteiger partial charge in [0.1, 0.15) is 5.82 Å². The fraction of sp³-hybridized carbons (Fsp3) is 0.160. The zero-order valence-electron chi connectivity index (χ0n) is 18.3. The molecule has 0 fully saturated rings. The fourth-order valence-electron chi connectivity index (χ4n) is 2.87. The molecule has 2 N–H and O–H groups in total. The summed E-state index contributed by atoms with van der Waals surface area (Å²) in [5.74, 6) is -0.168. The van der Waals surface area contributed by atoms with E-state index in [0.717, 1.165) is 5.56 Å². The molecule has 0 spiro atoms. The first-order chi connectivity index (χ1) is 15.9. The highest BCUT2D eigenvalue weighted by Gasteiger charge is 2.09. The minimum absolute atomic E-state index is 0.0817. The Hall–Kier alpha value is -4.20. The second-order valence-corrected chi connectivity index (χ2v) is 7.21. The van der Waals surface area contributed by atoms with Crippen molar-refractivity contribution in [3.8, 4) is 11.5 Å². The predicted molar refractivity (Wildman–Crippen MR) is 124 cm³/mol. The number of hydrogen-bond acceptors (Lipinski definition) is 5. The Morgan fingerprint density at radius 2 is 1.70 bits per heavy atom. The monoisotopic (exact) mass is 449 g/mol. The van der Waals surface area contributed by atoms with Crippen LogP contribution in [0.5, 0.6) is 11.5 Å². The van der Waals surface area contributed by atoms with Crippen LogP contribution in [0.3, 0.4) is 0 Å². The number of aryl methyl sites for hydroxylation is 1. The first kappa shape index (κ1) is 23.5. The van der Waals surface area contributed by atoms with E-state index in [1.54, 1.807) is 30.3 Å². The number of ether oxygens (including phenoxy) is 2. The number of amides is 2. The third-order valence-corrected chi connectivity index (χ3v) is 4.56. The van der Waals surface area contributed by atoms with Crippen molar-refractivity contribution in [1.29, 1.82) is 0 Å². The van der Waals surface area contributed by atoms with Crippen LogP contribution in [0.4, 0.5) is 10.1 Å². The minimum Gasteiger partial charge on any atom is -0.493 e. The van der Waals surface area contributed by atoms with Crippen LogP contribution in [0.2, 0.25) is 0 Å². The van der Waals surface area contributed by atoms with Gasteiger partial charge in [0.2, 0.25) is 5.91 Å². The van der Waals surface area contributed by atoms with Gasteiger partial charge in [0.25, 0.3) is 5.91 Å². The number of hydrazone groups is 1. The van der Waals surface area contributed by atoms with Gasteiger partial charge in [0.05, 0.1) is 19.7 Å². The zero-order valence-corrected chi connectivity index (χ0v) is 18.3. The van der Waals surface area contributed by atoms with E-state index in [9.17, 15) is 14.0 Å². The van der Waals surface area contributed by atoms with E-state index in [4.69, 9.17) is 9.47 Å². The molecule has 3 aromatic carbocycles. The smallest absolute Gasteiger partial charge is 0.262 e. The van der Waals surface area contributed by atoms with Gasteiger partial charge < -0.3 is 14.8 Å². The molecule has 0 aliphatic heterocycles. The molecule has 0 aliphatic rings. The summed E-state index contributed by atoms with van der Waals surface area (Å²) in [7, 11) is 1.49. The van der Waals surface area contributed by atoms with Crippen molar-refractivity contribution in [2.24, 2.45) is 5.10 Å².